The van der Waals surface area contributed by atoms with E-state index < -0.39 is 41.4 Å². The lowest BCUT2D eigenvalue weighted by Gasteiger charge is -2.32. The third-order valence-corrected chi connectivity index (χ3v) is 5.55. The zero-order valence-corrected chi connectivity index (χ0v) is 17.0. The highest BCUT2D eigenvalue weighted by atomic mass is 32.1. The van der Waals surface area contributed by atoms with Crippen LogP contribution in [0.25, 0.3) is 10.4 Å². The molecule has 3 rings (SSSR count). The summed E-state index contributed by atoms with van der Waals surface area (Å²) < 4.78 is 27.7. The minimum atomic E-state index is -1.52. The molecule has 3 amide bonds. The van der Waals surface area contributed by atoms with E-state index in [0.29, 0.717) is 0 Å². The number of carbonyl (C=O) groups excluding carboxylic acids is 3. The quantitative estimate of drug-likeness (QED) is 0.660. The van der Waals surface area contributed by atoms with Crippen molar-refractivity contribution in [2.24, 2.45) is 0 Å². The lowest BCUT2D eigenvalue weighted by molar-refractivity contribution is -0.137. The van der Waals surface area contributed by atoms with Crippen molar-refractivity contribution in [3.63, 3.8) is 0 Å². The molecule has 31 heavy (non-hydrogen) atoms. The number of ketones is 1. The zero-order chi connectivity index (χ0) is 22.7. The second-order valence-corrected chi connectivity index (χ2v) is 7.64. The number of likely N-dealkylation sites (N-methyl/N-ethyl adjacent to an activating group) is 1. The van der Waals surface area contributed by atoms with Crippen molar-refractivity contribution in [3.05, 3.63) is 54.2 Å². The first-order chi connectivity index (χ1) is 14.7. The number of carboxylic acid groups (broad SMARTS) is 1. The van der Waals surface area contributed by atoms with Crippen molar-refractivity contribution >= 4 is 40.0 Å². The van der Waals surface area contributed by atoms with Crippen LogP contribution >= 0.6 is 11.3 Å². The smallest absolute Gasteiger partial charge is 0.323 e. The summed E-state index contributed by atoms with van der Waals surface area (Å²) in [7, 11) is 1.42. The zero-order valence-electron chi connectivity index (χ0n) is 16.2. The summed E-state index contributed by atoms with van der Waals surface area (Å²) in [5, 5.41) is 11.3. The summed E-state index contributed by atoms with van der Waals surface area (Å²) >= 11 is 0.879. The minimum Gasteiger partial charge on any atom is -0.481 e. The number of benzene rings is 1. The van der Waals surface area contributed by atoms with Gasteiger partial charge >= 0.3 is 12.0 Å². The predicted octanol–water partition coefficient (Wildman–Crippen LogP) is 2.61. The van der Waals surface area contributed by atoms with Crippen molar-refractivity contribution in [1.29, 1.82) is 0 Å². The van der Waals surface area contributed by atoms with E-state index in [1.165, 1.54) is 25.4 Å². The average Bonchev–Trinajstić information content (AvgIpc) is 3.19. The predicted molar refractivity (Wildman–Crippen MR) is 109 cm³/mol. The second kappa shape index (κ2) is 9.04. The molecule has 0 aliphatic carbocycles. The van der Waals surface area contributed by atoms with Crippen LogP contribution in [0.4, 0.5) is 18.6 Å². The van der Waals surface area contributed by atoms with Crippen molar-refractivity contribution in [2.45, 2.75) is 12.5 Å². The number of aliphatic carboxylic acids is 1. The SMILES string of the molecule is CN1C=CC(=O)[C@H](N(C(=O)NCCC(=O)O)c2ccc(-c3cc(F)ccc3F)s2)C1=O. The van der Waals surface area contributed by atoms with Crippen LogP contribution in [0.5, 0.6) is 0 Å². The Kier molecular flexibility index (Phi) is 6.44. The first kappa shape index (κ1) is 22.1. The first-order valence-electron chi connectivity index (χ1n) is 9.02. The third kappa shape index (κ3) is 4.77. The normalized spacial score (nSPS) is 15.8. The summed E-state index contributed by atoms with van der Waals surface area (Å²) in [5.74, 6) is -3.80. The number of amides is 3. The summed E-state index contributed by atoms with van der Waals surface area (Å²) in [6.45, 7) is -0.234. The summed E-state index contributed by atoms with van der Waals surface area (Å²) in [5.41, 5.74) is -0.0409. The summed E-state index contributed by atoms with van der Waals surface area (Å²) in [6, 6.07) is 3.38. The van der Waals surface area contributed by atoms with Crippen LogP contribution < -0.4 is 10.2 Å². The number of carboxylic acids is 1. The maximum atomic E-state index is 14.2. The molecule has 162 valence electrons. The van der Waals surface area contributed by atoms with E-state index in [0.717, 1.165) is 45.4 Å². The van der Waals surface area contributed by atoms with E-state index in [1.807, 2.05) is 0 Å². The van der Waals surface area contributed by atoms with Crippen LogP contribution in [0.2, 0.25) is 0 Å². The number of rotatable bonds is 6. The van der Waals surface area contributed by atoms with Crippen molar-refractivity contribution in [2.75, 3.05) is 18.5 Å². The highest BCUT2D eigenvalue weighted by Gasteiger charge is 2.40. The molecule has 0 spiro atoms. The van der Waals surface area contributed by atoms with Gasteiger partial charge in [0.1, 0.15) is 16.6 Å². The molecule has 2 heterocycles. The minimum absolute atomic E-state index is 0.0409. The van der Waals surface area contributed by atoms with Gasteiger partial charge in [0.2, 0.25) is 0 Å². The first-order valence-corrected chi connectivity index (χ1v) is 9.83. The van der Waals surface area contributed by atoms with Crippen LogP contribution in [-0.2, 0) is 14.4 Å². The molecule has 2 aromatic rings. The second-order valence-electron chi connectivity index (χ2n) is 6.58. The van der Waals surface area contributed by atoms with Gasteiger partial charge in [-0.1, -0.05) is 0 Å². The Labute approximate surface area is 179 Å². The van der Waals surface area contributed by atoms with Gasteiger partial charge in [-0.2, -0.15) is 0 Å². The van der Waals surface area contributed by atoms with E-state index in [2.05, 4.69) is 5.32 Å². The molecule has 0 saturated carbocycles. The maximum absolute atomic E-state index is 14.2. The van der Waals surface area contributed by atoms with Gasteiger partial charge in [-0.3, -0.25) is 19.3 Å². The molecule has 8 nitrogen and oxygen atoms in total. The van der Waals surface area contributed by atoms with Gasteiger partial charge in [0.15, 0.2) is 11.8 Å². The maximum Gasteiger partial charge on any atom is 0.323 e. The van der Waals surface area contributed by atoms with E-state index in [4.69, 9.17) is 5.11 Å². The van der Waals surface area contributed by atoms with Crippen molar-refractivity contribution in [3.8, 4) is 10.4 Å². The van der Waals surface area contributed by atoms with Crippen LogP contribution in [-0.4, -0.2) is 53.3 Å². The Balaban J connectivity index is 1.99. The Morgan fingerprint density at radius 1 is 1.23 bits per heavy atom. The number of hydrogen-bond acceptors (Lipinski definition) is 5. The molecule has 1 atom stereocenters. The number of nitrogens with zero attached hydrogens (tertiary/aromatic N) is 2. The van der Waals surface area contributed by atoms with Gasteiger partial charge in [0.25, 0.3) is 5.91 Å². The van der Waals surface area contributed by atoms with E-state index >= 15 is 0 Å². The fourth-order valence-corrected chi connectivity index (χ4v) is 3.95. The van der Waals surface area contributed by atoms with Crippen molar-refractivity contribution < 1.29 is 33.1 Å². The monoisotopic (exact) mass is 449 g/mol. The molecule has 11 heteroatoms. The molecule has 0 unspecified atom stereocenters. The third-order valence-electron chi connectivity index (χ3n) is 4.43. The number of urea groups is 1. The summed E-state index contributed by atoms with van der Waals surface area (Å²) in [4.78, 5) is 51.0. The Morgan fingerprint density at radius 2 is 1.97 bits per heavy atom. The van der Waals surface area contributed by atoms with Crippen LogP contribution in [0.3, 0.4) is 0 Å². The molecule has 0 radical (unpaired) electrons. The largest absolute Gasteiger partial charge is 0.481 e. The van der Waals surface area contributed by atoms with Gasteiger partial charge in [-0.05, 0) is 30.3 Å². The lowest BCUT2D eigenvalue weighted by atomic mass is 10.1. The molecule has 1 aromatic heterocycles. The van der Waals surface area contributed by atoms with Gasteiger partial charge in [0, 0.05) is 36.3 Å². The number of hydrogen-bond donors (Lipinski definition) is 2. The van der Waals surface area contributed by atoms with Gasteiger partial charge in [-0.15, -0.1) is 11.3 Å². The van der Waals surface area contributed by atoms with Crippen LogP contribution in [0.1, 0.15) is 6.42 Å². The molecule has 1 aliphatic heterocycles. The number of nitrogens with one attached hydrogen (secondary N) is 1. The number of anilines is 1. The molecular weight excluding hydrogens is 432 g/mol. The molecule has 0 saturated heterocycles. The molecule has 0 fully saturated rings. The van der Waals surface area contributed by atoms with Crippen LogP contribution in [0.15, 0.2) is 42.6 Å². The number of halogens is 2. The van der Waals surface area contributed by atoms with Gasteiger partial charge in [-0.25, -0.2) is 13.6 Å². The lowest BCUT2D eigenvalue weighted by Crippen LogP contribution is -2.57. The number of carbonyl (C=O) groups is 4. The highest BCUT2D eigenvalue weighted by molar-refractivity contribution is 7.19. The Morgan fingerprint density at radius 3 is 2.68 bits per heavy atom. The van der Waals surface area contributed by atoms with Gasteiger partial charge in [0.05, 0.1) is 6.42 Å². The molecule has 1 aromatic carbocycles. The van der Waals surface area contributed by atoms with Gasteiger partial charge < -0.3 is 15.3 Å². The summed E-state index contributed by atoms with van der Waals surface area (Å²) in [6.07, 6.45) is 2.05. The highest BCUT2D eigenvalue weighted by Crippen LogP contribution is 2.36. The van der Waals surface area contributed by atoms with E-state index in [9.17, 15) is 28.0 Å². The molecular formula is C20H17F2N3O5S. The molecule has 2 N–H and O–H groups in total. The van der Waals surface area contributed by atoms with Crippen molar-refractivity contribution in [1.82, 2.24) is 10.2 Å². The fourth-order valence-electron chi connectivity index (χ4n) is 2.90. The Bertz CT molecular complexity index is 1080. The number of thiophene rings is 1. The van der Waals surface area contributed by atoms with E-state index in [1.54, 1.807) is 0 Å². The average molecular weight is 449 g/mol. The van der Waals surface area contributed by atoms with E-state index in [-0.39, 0.29) is 28.4 Å². The topological polar surface area (TPSA) is 107 Å². The van der Waals surface area contributed by atoms with Crippen LogP contribution in [0, 0.1) is 11.6 Å². The Hall–Kier alpha value is -3.60. The fraction of sp³-hybridized carbons (Fsp3) is 0.200. The molecule has 0 bridgehead atoms. The standard InChI is InChI=1S/C20H17F2N3O5S/c1-24-9-7-14(26)18(19(24)29)25(20(30)23-8-6-17(27)28)16-5-4-15(31-16)12-10-11(21)2-3-13(12)22/h2-5,7,9-10,18H,6,8H2,1H3,(H,23,30)(H,27,28)/t18-/m0/s1. The molecule has 1 aliphatic rings.